The summed E-state index contributed by atoms with van der Waals surface area (Å²) in [4.78, 5) is 2.61. The second-order valence-electron chi connectivity index (χ2n) is 8.94. The van der Waals surface area contributed by atoms with Crippen molar-refractivity contribution in [1.82, 2.24) is 0 Å². The lowest BCUT2D eigenvalue weighted by molar-refractivity contribution is 1.52. The number of rotatable bonds is 3. The zero-order valence-electron chi connectivity index (χ0n) is 19.1. The van der Waals surface area contributed by atoms with Crippen LogP contribution in [0.25, 0.3) is 54.2 Å². The first-order valence-electron chi connectivity index (χ1n) is 11.9. The first-order valence-corrected chi connectivity index (χ1v) is 12.8. The number of hydrogen-bond donors (Lipinski definition) is 0. The maximum atomic E-state index is 2.33. The summed E-state index contributed by atoms with van der Waals surface area (Å²) in [5.74, 6) is 0. The molecule has 0 spiro atoms. The van der Waals surface area contributed by atoms with E-state index in [0.717, 1.165) is 0 Å². The minimum Gasteiger partial charge on any atom is -0.0881 e. The number of hydrogen-bond acceptors (Lipinski definition) is 1. The van der Waals surface area contributed by atoms with E-state index in [1.165, 1.54) is 64.0 Å². The van der Waals surface area contributed by atoms with Crippen molar-refractivity contribution in [3.8, 4) is 11.1 Å². The molecule has 0 fully saturated rings. The maximum Gasteiger partial charge on any atom is 0.0279 e. The molecule has 0 unspecified atom stereocenters. The van der Waals surface area contributed by atoms with Crippen LogP contribution in [-0.2, 0) is 0 Å². The van der Waals surface area contributed by atoms with Crippen molar-refractivity contribution in [3.05, 3.63) is 133 Å². The molecule has 0 bridgehead atoms. The lowest BCUT2D eigenvalue weighted by Crippen LogP contribution is -1.90. The molecule has 0 aliphatic heterocycles. The van der Waals surface area contributed by atoms with Crippen molar-refractivity contribution >= 4 is 54.9 Å². The number of benzene rings is 7. The highest BCUT2D eigenvalue weighted by molar-refractivity contribution is 8.00. The lowest BCUT2D eigenvalue weighted by Gasteiger charge is -2.18. The Morgan fingerprint density at radius 3 is 1.63 bits per heavy atom. The smallest absolute Gasteiger partial charge is 0.0279 e. The summed E-state index contributed by atoms with van der Waals surface area (Å²) < 4.78 is 0. The average Bonchev–Trinajstić information content (AvgIpc) is 2.93. The minimum absolute atomic E-state index is 1.26. The molecule has 0 aliphatic rings. The van der Waals surface area contributed by atoms with Crippen molar-refractivity contribution in [1.29, 1.82) is 0 Å². The third-order valence-electron chi connectivity index (χ3n) is 6.88. The molecule has 164 valence electrons. The summed E-state index contributed by atoms with van der Waals surface area (Å²) in [5, 5.41) is 10.3. The van der Waals surface area contributed by atoms with Gasteiger partial charge in [0.05, 0.1) is 0 Å². The van der Waals surface area contributed by atoms with Crippen LogP contribution in [0.3, 0.4) is 0 Å². The van der Waals surface area contributed by atoms with Gasteiger partial charge in [-0.05, 0) is 66.3 Å². The summed E-state index contributed by atoms with van der Waals surface area (Å²) >= 11 is 1.88. The molecule has 7 aromatic carbocycles. The van der Waals surface area contributed by atoms with Crippen LogP contribution in [0.4, 0.5) is 0 Å². The largest absolute Gasteiger partial charge is 0.0881 e. The van der Waals surface area contributed by atoms with Crippen molar-refractivity contribution < 1.29 is 0 Å². The Balaban J connectivity index is 1.54. The molecule has 7 aromatic rings. The van der Waals surface area contributed by atoms with Gasteiger partial charge >= 0.3 is 0 Å². The van der Waals surface area contributed by atoms with Gasteiger partial charge in [-0.3, -0.25) is 0 Å². The van der Waals surface area contributed by atoms with E-state index in [9.17, 15) is 0 Å². The SMILES string of the molecule is c1ccc2cc(-c3c4ccccc4c(Sc4cccc5ccccc45)c4ccccc34)ccc2c1. The highest BCUT2D eigenvalue weighted by atomic mass is 32.2. The summed E-state index contributed by atoms with van der Waals surface area (Å²) in [7, 11) is 0. The molecular formula is C34H22S. The first kappa shape index (κ1) is 20.3. The molecule has 35 heavy (non-hydrogen) atoms. The average molecular weight is 463 g/mol. The molecule has 0 amide bonds. The Hall–Kier alpha value is -4.07. The standard InChI is InChI=1S/C34H22S/c1-2-12-25-22-26(21-20-23(25)10-1)33-28-15-5-7-17-30(28)34(31-18-8-6-16-29(31)33)35-32-19-9-13-24-11-3-4-14-27(24)32/h1-22H. The Morgan fingerprint density at radius 1 is 0.371 bits per heavy atom. The van der Waals surface area contributed by atoms with Crippen LogP contribution < -0.4 is 0 Å². The van der Waals surface area contributed by atoms with Gasteiger partial charge in [-0.25, -0.2) is 0 Å². The summed E-state index contributed by atoms with van der Waals surface area (Å²) in [5.41, 5.74) is 2.57. The highest BCUT2D eigenvalue weighted by Gasteiger charge is 2.17. The molecule has 0 heterocycles. The van der Waals surface area contributed by atoms with E-state index in [1.54, 1.807) is 0 Å². The minimum atomic E-state index is 1.26. The molecule has 0 atom stereocenters. The second-order valence-corrected chi connectivity index (χ2v) is 9.99. The molecule has 0 saturated carbocycles. The van der Waals surface area contributed by atoms with Gasteiger partial charge in [0.25, 0.3) is 0 Å². The third kappa shape index (κ3) is 3.39. The van der Waals surface area contributed by atoms with Gasteiger partial charge in [-0.15, -0.1) is 0 Å². The van der Waals surface area contributed by atoms with E-state index in [1.807, 2.05) is 11.8 Å². The van der Waals surface area contributed by atoms with Gasteiger partial charge < -0.3 is 0 Å². The Morgan fingerprint density at radius 2 is 0.914 bits per heavy atom. The van der Waals surface area contributed by atoms with Crippen LogP contribution in [0.2, 0.25) is 0 Å². The van der Waals surface area contributed by atoms with Crippen LogP contribution in [0.5, 0.6) is 0 Å². The quantitative estimate of drug-likeness (QED) is 0.235. The van der Waals surface area contributed by atoms with Crippen LogP contribution >= 0.6 is 11.8 Å². The van der Waals surface area contributed by atoms with Crippen LogP contribution in [-0.4, -0.2) is 0 Å². The van der Waals surface area contributed by atoms with Crippen molar-refractivity contribution in [2.45, 2.75) is 9.79 Å². The molecular weight excluding hydrogens is 440 g/mol. The van der Waals surface area contributed by atoms with E-state index in [0.29, 0.717) is 0 Å². The normalized spacial score (nSPS) is 11.5. The van der Waals surface area contributed by atoms with Gasteiger partial charge in [0.15, 0.2) is 0 Å². The van der Waals surface area contributed by atoms with Gasteiger partial charge in [-0.1, -0.05) is 133 Å². The zero-order valence-corrected chi connectivity index (χ0v) is 19.9. The van der Waals surface area contributed by atoms with Crippen LogP contribution in [0, 0.1) is 0 Å². The molecule has 1 heteroatoms. The summed E-state index contributed by atoms with van der Waals surface area (Å²) in [6, 6.07) is 48.5. The molecule has 7 rings (SSSR count). The molecule has 0 radical (unpaired) electrons. The van der Waals surface area contributed by atoms with Crippen LogP contribution in [0.15, 0.2) is 143 Å². The predicted octanol–water partition coefficient (Wildman–Crippen LogP) is 10.1. The van der Waals surface area contributed by atoms with E-state index >= 15 is 0 Å². The second kappa shape index (κ2) is 8.30. The monoisotopic (exact) mass is 462 g/mol. The molecule has 0 N–H and O–H groups in total. The Kier molecular flexibility index (Phi) is 4.82. The molecule has 0 saturated heterocycles. The fourth-order valence-electron chi connectivity index (χ4n) is 5.25. The van der Waals surface area contributed by atoms with Gasteiger partial charge in [-0.2, -0.15) is 0 Å². The fraction of sp³-hybridized carbons (Fsp3) is 0. The van der Waals surface area contributed by atoms with E-state index in [-0.39, 0.29) is 0 Å². The van der Waals surface area contributed by atoms with Gasteiger partial charge in [0, 0.05) is 9.79 Å². The topological polar surface area (TPSA) is 0 Å². The Labute approximate surface area is 208 Å². The Bertz CT molecular complexity index is 1820. The van der Waals surface area contributed by atoms with Crippen molar-refractivity contribution in [2.75, 3.05) is 0 Å². The lowest BCUT2D eigenvalue weighted by atomic mass is 9.91. The van der Waals surface area contributed by atoms with Crippen molar-refractivity contribution in [3.63, 3.8) is 0 Å². The predicted molar refractivity (Wildman–Crippen MR) is 152 cm³/mol. The van der Waals surface area contributed by atoms with Crippen LogP contribution in [0.1, 0.15) is 0 Å². The highest BCUT2D eigenvalue weighted by Crippen LogP contribution is 2.46. The zero-order chi connectivity index (χ0) is 23.2. The first-order chi connectivity index (χ1) is 17.4. The maximum absolute atomic E-state index is 2.33. The number of fused-ring (bicyclic) bond motifs is 4. The molecule has 0 aromatic heterocycles. The molecule has 0 nitrogen and oxygen atoms in total. The van der Waals surface area contributed by atoms with Gasteiger partial charge in [0.1, 0.15) is 0 Å². The van der Waals surface area contributed by atoms with Crippen molar-refractivity contribution in [2.24, 2.45) is 0 Å². The summed E-state index contributed by atoms with van der Waals surface area (Å²) in [6.07, 6.45) is 0. The van der Waals surface area contributed by atoms with E-state index in [2.05, 4.69) is 133 Å². The van der Waals surface area contributed by atoms with Gasteiger partial charge in [0.2, 0.25) is 0 Å². The van der Waals surface area contributed by atoms with E-state index in [4.69, 9.17) is 0 Å². The summed E-state index contributed by atoms with van der Waals surface area (Å²) in [6.45, 7) is 0. The third-order valence-corrected chi connectivity index (χ3v) is 8.10. The van der Waals surface area contributed by atoms with E-state index < -0.39 is 0 Å². The fourth-order valence-corrected chi connectivity index (χ4v) is 6.49. The molecule has 0 aliphatic carbocycles.